The number of aryl methyl sites for hydroxylation is 1. The van der Waals surface area contributed by atoms with Crippen LogP contribution in [0.3, 0.4) is 0 Å². The van der Waals surface area contributed by atoms with Crippen LogP contribution in [0, 0.1) is 23.7 Å². The van der Waals surface area contributed by atoms with Crippen LogP contribution in [0.25, 0.3) is 0 Å². The Hall–Kier alpha value is -2.68. The van der Waals surface area contributed by atoms with Crippen LogP contribution >= 0.6 is 34.4 Å². The van der Waals surface area contributed by atoms with E-state index in [4.69, 9.17) is 5.73 Å². The molecule has 2 aromatic heterocycles. The van der Waals surface area contributed by atoms with Gasteiger partial charge in [-0.1, -0.05) is 36.9 Å². The molecule has 33 heavy (non-hydrogen) atoms. The van der Waals surface area contributed by atoms with Gasteiger partial charge in [-0.15, -0.1) is 21.5 Å². The number of rotatable bonds is 5. The number of nitrogens with zero attached hydrogens (tertiary/aromatic N) is 4. The van der Waals surface area contributed by atoms with Crippen molar-refractivity contribution in [2.45, 2.75) is 43.9 Å². The fourth-order valence-corrected chi connectivity index (χ4v) is 6.96. The number of hydrogen-bond acceptors (Lipinski definition) is 11. The first kappa shape index (κ1) is 23.5. The molecule has 2 N–H and O–H groups in total. The summed E-state index contributed by atoms with van der Waals surface area (Å²) in [5.41, 5.74) is 9.10. The smallest absolute Gasteiger partial charge is 0.316 e. The van der Waals surface area contributed by atoms with Gasteiger partial charge in [0.05, 0.1) is 30.4 Å². The van der Waals surface area contributed by atoms with Gasteiger partial charge in [0.2, 0.25) is 5.13 Å². The lowest BCUT2D eigenvalue weighted by Crippen LogP contribution is -2.42. The second-order valence-corrected chi connectivity index (χ2v) is 11.8. The number of esters is 1. The zero-order valence-electron chi connectivity index (χ0n) is 18.7. The highest BCUT2D eigenvalue weighted by Gasteiger charge is 2.46. The fraction of sp³-hybridized carbons (Fsp3) is 0.409. The average molecular weight is 502 g/mol. The Morgan fingerprint density at radius 1 is 1.42 bits per heavy atom. The first-order chi connectivity index (χ1) is 15.7. The van der Waals surface area contributed by atoms with E-state index >= 15 is 0 Å². The topological polar surface area (TPSA) is 122 Å². The van der Waals surface area contributed by atoms with Crippen molar-refractivity contribution in [2.24, 2.45) is 11.1 Å². The van der Waals surface area contributed by atoms with E-state index in [1.807, 2.05) is 18.4 Å². The van der Waals surface area contributed by atoms with Crippen molar-refractivity contribution < 1.29 is 14.3 Å². The number of Topliss-reactive ketones (excluding diaryl/α,β-unsaturated/α-hetero) is 1. The molecule has 0 fully saturated rings. The van der Waals surface area contributed by atoms with Crippen LogP contribution in [0.2, 0.25) is 0 Å². The molecule has 1 atom stereocenters. The van der Waals surface area contributed by atoms with Crippen LogP contribution in [-0.2, 0) is 14.3 Å². The van der Waals surface area contributed by atoms with Crippen molar-refractivity contribution in [3.05, 3.63) is 44.6 Å². The summed E-state index contributed by atoms with van der Waals surface area (Å²) >= 11 is 4.01. The second-order valence-electron chi connectivity index (χ2n) is 8.66. The maximum Gasteiger partial charge on any atom is 0.316 e. The van der Waals surface area contributed by atoms with Gasteiger partial charge in [0.1, 0.15) is 5.82 Å². The van der Waals surface area contributed by atoms with E-state index < -0.39 is 5.92 Å². The number of anilines is 1. The zero-order chi connectivity index (χ0) is 23.9. The van der Waals surface area contributed by atoms with Crippen LogP contribution in [-0.4, -0.2) is 34.8 Å². The molecule has 1 aliphatic carbocycles. The molecule has 0 amide bonds. The van der Waals surface area contributed by atoms with Gasteiger partial charge in [0, 0.05) is 22.6 Å². The number of thiophene rings is 1. The number of ketones is 1. The number of carbonyl (C=O) groups is 2. The lowest BCUT2D eigenvalue weighted by Gasteiger charge is -2.42. The largest absolute Gasteiger partial charge is 0.468 e. The molecular formula is C22H23N5O3S3. The second kappa shape index (κ2) is 8.93. The summed E-state index contributed by atoms with van der Waals surface area (Å²) in [7, 11) is 1.33. The third-order valence-corrected chi connectivity index (χ3v) is 8.77. The van der Waals surface area contributed by atoms with Crippen LogP contribution < -0.4 is 10.6 Å². The summed E-state index contributed by atoms with van der Waals surface area (Å²) in [4.78, 5) is 27.6. The molecule has 0 radical (unpaired) electrons. The number of methoxy groups -OCH3 is 1. The first-order valence-electron chi connectivity index (χ1n) is 10.2. The molecule has 0 bridgehead atoms. The predicted molar refractivity (Wildman–Crippen MR) is 129 cm³/mol. The maximum atomic E-state index is 13.5. The van der Waals surface area contributed by atoms with Crippen molar-refractivity contribution in [3.8, 4) is 6.07 Å². The van der Waals surface area contributed by atoms with E-state index in [0.29, 0.717) is 33.5 Å². The molecule has 11 heteroatoms. The van der Waals surface area contributed by atoms with Gasteiger partial charge < -0.3 is 10.5 Å². The third-order valence-electron chi connectivity index (χ3n) is 5.67. The molecule has 0 saturated heterocycles. The molecule has 0 saturated carbocycles. The van der Waals surface area contributed by atoms with Gasteiger partial charge in [0.25, 0.3) is 0 Å². The van der Waals surface area contributed by atoms with Gasteiger partial charge >= 0.3 is 5.97 Å². The van der Waals surface area contributed by atoms with Crippen LogP contribution in [0.4, 0.5) is 5.13 Å². The van der Waals surface area contributed by atoms with Crippen molar-refractivity contribution >= 4 is 51.3 Å². The minimum Gasteiger partial charge on any atom is -0.468 e. The number of allylic oxidation sites excluding steroid dienone is 3. The van der Waals surface area contributed by atoms with Gasteiger partial charge in [0.15, 0.2) is 10.1 Å². The SMILES string of the molecule is COC(=O)CSc1nnc(N2C(N)=C(C#N)C(c3sccc3C)C3=C2CC(C)(C)CC3=O)s1. The Balaban J connectivity index is 1.85. The maximum absolute atomic E-state index is 13.5. The summed E-state index contributed by atoms with van der Waals surface area (Å²) in [5.74, 6) is -0.445. The summed E-state index contributed by atoms with van der Waals surface area (Å²) in [6, 6.07) is 4.26. The first-order valence-corrected chi connectivity index (χ1v) is 12.9. The molecule has 1 unspecified atom stereocenters. The zero-order valence-corrected chi connectivity index (χ0v) is 21.1. The Bertz CT molecular complexity index is 1230. The minimum absolute atomic E-state index is 0.0223. The Kier molecular flexibility index (Phi) is 6.35. The molecule has 8 nitrogen and oxygen atoms in total. The monoisotopic (exact) mass is 501 g/mol. The number of nitrogens with two attached hydrogens (primary N) is 1. The Morgan fingerprint density at radius 3 is 2.82 bits per heavy atom. The average Bonchev–Trinajstić information content (AvgIpc) is 3.39. The summed E-state index contributed by atoms with van der Waals surface area (Å²) in [6.07, 6.45) is 1.01. The van der Waals surface area contributed by atoms with Gasteiger partial charge in [-0.2, -0.15) is 5.26 Å². The summed E-state index contributed by atoms with van der Waals surface area (Å²) in [5, 5.41) is 21.0. The van der Waals surface area contributed by atoms with E-state index in [1.54, 1.807) is 4.90 Å². The van der Waals surface area contributed by atoms with Crippen molar-refractivity contribution in [3.63, 3.8) is 0 Å². The van der Waals surface area contributed by atoms with Gasteiger partial charge in [-0.3, -0.25) is 14.5 Å². The molecule has 2 aliphatic rings. The number of nitriles is 1. The number of carbonyl (C=O) groups excluding carboxylic acids is 2. The number of thioether (sulfide) groups is 1. The van der Waals surface area contributed by atoms with E-state index in [9.17, 15) is 14.9 Å². The summed E-state index contributed by atoms with van der Waals surface area (Å²) < 4.78 is 5.25. The standard InChI is InChI=1S/C22H23N5O3S3/c1-11-5-6-31-18(11)16-12(9-23)19(24)27(13-7-22(2,3)8-14(28)17(13)16)20-25-26-21(33-20)32-10-15(29)30-4/h5-6,16H,7-8,10,24H2,1-4H3. The molecular weight excluding hydrogens is 478 g/mol. The Morgan fingerprint density at radius 2 is 2.18 bits per heavy atom. The van der Waals surface area contributed by atoms with Crippen molar-refractivity contribution in [2.75, 3.05) is 17.8 Å². The van der Waals surface area contributed by atoms with Crippen LogP contribution in [0.15, 0.2) is 38.5 Å². The molecule has 1 aliphatic heterocycles. The molecule has 3 heterocycles. The quantitative estimate of drug-likeness (QED) is 0.476. The fourth-order valence-electron chi connectivity index (χ4n) is 4.20. The van der Waals surface area contributed by atoms with E-state index in [1.165, 1.54) is 41.5 Å². The highest BCUT2D eigenvalue weighted by atomic mass is 32.2. The lowest BCUT2D eigenvalue weighted by molar-refractivity contribution is -0.137. The molecule has 172 valence electrons. The predicted octanol–water partition coefficient (Wildman–Crippen LogP) is 4.11. The summed E-state index contributed by atoms with van der Waals surface area (Å²) in [6.45, 7) is 6.09. The van der Waals surface area contributed by atoms with E-state index in [2.05, 4.69) is 34.9 Å². The minimum atomic E-state index is -0.481. The number of ether oxygens (including phenoxy) is 1. The van der Waals surface area contributed by atoms with E-state index in [-0.39, 0.29) is 28.7 Å². The van der Waals surface area contributed by atoms with Crippen LogP contribution in [0.5, 0.6) is 0 Å². The lowest BCUT2D eigenvalue weighted by atomic mass is 9.69. The number of hydrogen-bond donors (Lipinski definition) is 1. The van der Waals surface area contributed by atoms with Crippen molar-refractivity contribution in [1.29, 1.82) is 5.26 Å². The number of aromatic nitrogens is 2. The highest BCUT2D eigenvalue weighted by molar-refractivity contribution is 8.01. The molecule has 2 aromatic rings. The Labute approximate surface area is 204 Å². The van der Waals surface area contributed by atoms with Crippen LogP contribution in [0.1, 0.15) is 43.0 Å². The van der Waals surface area contributed by atoms with Crippen molar-refractivity contribution in [1.82, 2.24) is 10.2 Å². The van der Waals surface area contributed by atoms with Gasteiger partial charge in [-0.05, 0) is 35.8 Å². The molecule has 0 spiro atoms. The third kappa shape index (κ3) is 4.30. The normalized spacial score (nSPS) is 20.0. The highest BCUT2D eigenvalue weighted by Crippen LogP contribution is 2.51. The van der Waals surface area contributed by atoms with Gasteiger partial charge in [-0.25, -0.2) is 0 Å². The molecule has 0 aromatic carbocycles. The molecule has 4 rings (SSSR count). The van der Waals surface area contributed by atoms with E-state index in [0.717, 1.165) is 16.1 Å².